The van der Waals surface area contributed by atoms with Crippen LogP contribution in [0.25, 0.3) is 0 Å². The van der Waals surface area contributed by atoms with Crippen molar-refractivity contribution in [1.29, 1.82) is 0 Å². The highest BCUT2D eigenvalue weighted by Crippen LogP contribution is 2.26. The van der Waals surface area contributed by atoms with Gasteiger partial charge in [0.05, 0.1) is 21.9 Å². The molecule has 20 heavy (non-hydrogen) atoms. The summed E-state index contributed by atoms with van der Waals surface area (Å²) in [5.74, 6) is 5.74. The summed E-state index contributed by atoms with van der Waals surface area (Å²) >= 11 is 3.65. The molecule has 1 aromatic heterocycles. The molecule has 108 valence electrons. The molecule has 0 amide bonds. The maximum absolute atomic E-state index is 5.74. The van der Waals surface area contributed by atoms with Gasteiger partial charge in [-0.2, -0.15) is 5.10 Å². The number of hydrogen-bond acceptors (Lipinski definition) is 3. The van der Waals surface area contributed by atoms with E-state index in [1.807, 2.05) is 11.7 Å². The van der Waals surface area contributed by atoms with E-state index in [-0.39, 0.29) is 6.04 Å². The van der Waals surface area contributed by atoms with Crippen LogP contribution in [0.4, 0.5) is 0 Å². The molecule has 0 aliphatic rings. The lowest BCUT2D eigenvalue weighted by molar-refractivity contribution is 0.529. The van der Waals surface area contributed by atoms with Crippen LogP contribution in [0.3, 0.4) is 0 Å². The summed E-state index contributed by atoms with van der Waals surface area (Å²) in [5, 5.41) is 4.52. The van der Waals surface area contributed by atoms with Gasteiger partial charge in [0.25, 0.3) is 0 Å². The van der Waals surface area contributed by atoms with E-state index in [9.17, 15) is 0 Å². The van der Waals surface area contributed by atoms with E-state index in [0.717, 1.165) is 28.7 Å². The number of benzene rings is 1. The molecule has 3 N–H and O–H groups in total. The number of aromatic nitrogens is 2. The summed E-state index contributed by atoms with van der Waals surface area (Å²) in [6.45, 7) is 4.19. The number of nitrogens with one attached hydrogen (secondary N) is 1. The zero-order valence-corrected chi connectivity index (χ0v) is 13.7. The molecule has 0 fully saturated rings. The second kappa shape index (κ2) is 6.52. The van der Waals surface area contributed by atoms with Crippen LogP contribution < -0.4 is 11.3 Å². The Labute approximate surface area is 128 Å². The fourth-order valence-corrected chi connectivity index (χ4v) is 3.08. The van der Waals surface area contributed by atoms with Crippen molar-refractivity contribution < 1.29 is 0 Å². The van der Waals surface area contributed by atoms with Crippen molar-refractivity contribution in [3.63, 3.8) is 0 Å². The molecule has 0 saturated heterocycles. The molecule has 0 spiro atoms. The first-order valence-corrected chi connectivity index (χ1v) is 7.59. The Morgan fingerprint density at radius 3 is 2.50 bits per heavy atom. The van der Waals surface area contributed by atoms with Crippen molar-refractivity contribution in [2.75, 3.05) is 0 Å². The van der Waals surface area contributed by atoms with Crippen LogP contribution in [0.2, 0.25) is 0 Å². The van der Waals surface area contributed by atoms with Crippen molar-refractivity contribution in [3.05, 3.63) is 51.3 Å². The van der Waals surface area contributed by atoms with E-state index in [0.29, 0.717) is 0 Å². The molecule has 2 rings (SSSR count). The molecule has 0 bridgehead atoms. The van der Waals surface area contributed by atoms with Gasteiger partial charge in [0.15, 0.2) is 0 Å². The lowest BCUT2D eigenvalue weighted by Gasteiger charge is -2.17. The number of aryl methyl sites for hydroxylation is 3. The standard InChI is InChI=1S/C15H21BrN4/c1-4-12-15(16)14(20(3)19-12)9-13(18-17)11-7-5-10(2)6-8-11/h5-8,13,18H,4,9,17H2,1-3H3. The smallest absolute Gasteiger partial charge is 0.0766 e. The third-order valence-corrected chi connectivity index (χ3v) is 4.50. The normalized spacial score (nSPS) is 12.7. The molecule has 0 saturated carbocycles. The number of halogens is 1. The molecule has 1 atom stereocenters. The van der Waals surface area contributed by atoms with Crippen LogP contribution in [-0.2, 0) is 19.9 Å². The predicted octanol–water partition coefficient (Wildman–Crippen LogP) is 2.80. The molecule has 5 heteroatoms. The highest BCUT2D eigenvalue weighted by Gasteiger charge is 2.18. The predicted molar refractivity (Wildman–Crippen MR) is 85.2 cm³/mol. The largest absolute Gasteiger partial charge is 0.271 e. The van der Waals surface area contributed by atoms with E-state index in [1.54, 1.807) is 0 Å². The number of rotatable bonds is 5. The fourth-order valence-electron chi connectivity index (χ4n) is 2.31. The minimum absolute atomic E-state index is 0.0759. The Bertz CT molecular complexity index is 574. The fraction of sp³-hybridized carbons (Fsp3) is 0.400. The van der Waals surface area contributed by atoms with E-state index < -0.39 is 0 Å². The number of nitrogens with zero attached hydrogens (tertiary/aromatic N) is 2. The van der Waals surface area contributed by atoms with Crippen LogP contribution in [0, 0.1) is 6.92 Å². The van der Waals surface area contributed by atoms with Crippen LogP contribution >= 0.6 is 15.9 Å². The highest BCUT2D eigenvalue weighted by atomic mass is 79.9. The Hall–Kier alpha value is -1.17. The van der Waals surface area contributed by atoms with Crippen molar-refractivity contribution in [1.82, 2.24) is 15.2 Å². The van der Waals surface area contributed by atoms with Gasteiger partial charge in [-0.15, -0.1) is 0 Å². The molecule has 0 radical (unpaired) electrons. The van der Waals surface area contributed by atoms with Gasteiger partial charge in [0, 0.05) is 13.5 Å². The average molecular weight is 337 g/mol. The number of hydrogen-bond donors (Lipinski definition) is 2. The quantitative estimate of drug-likeness (QED) is 0.652. The van der Waals surface area contributed by atoms with Crippen molar-refractivity contribution in [3.8, 4) is 0 Å². The summed E-state index contributed by atoms with van der Waals surface area (Å²) in [6, 6.07) is 8.52. The molecular formula is C15H21BrN4. The monoisotopic (exact) mass is 336 g/mol. The zero-order chi connectivity index (χ0) is 14.7. The van der Waals surface area contributed by atoms with Crippen LogP contribution in [0.1, 0.15) is 35.5 Å². The summed E-state index contributed by atoms with van der Waals surface area (Å²) in [4.78, 5) is 0. The minimum atomic E-state index is 0.0759. The van der Waals surface area contributed by atoms with Gasteiger partial charge in [0.1, 0.15) is 0 Å². The van der Waals surface area contributed by atoms with E-state index in [4.69, 9.17) is 5.84 Å². The average Bonchev–Trinajstić information content (AvgIpc) is 2.72. The first-order chi connectivity index (χ1) is 9.56. The number of nitrogens with two attached hydrogens (primary N) is 1. The molecule has 0 aliphatic carbocycles. The second-order valence-corrected chi connectivity index (χ2v) is 5.81. The van der Waals surface area contributed by atoms with Gasteiger partial charge in [-0.25, -0.2) is 0 Å². The third-order valence-electron chi connectivity index (χ3n) is 3.58. The van der Waals surface area contributed by atoms with E-state index in [2.05, 4.69) is 64.6 Å². The van der Waals surface area contributed by atoms with Crippen LogP contribution in [-0.4, -0.2) is 9.78 Å². The lowest BCUT2D eigenvalue weighted by atomic mass is 10.0. The van der Waals surface area contributed by atoms with E-state index >= 15 is 0 Å². The SMILES string of the molecule is CCc1nn(C)c(CC(NN)c2ccc(C)cc2)c1Br. The third kappa shape index (κ3) is 3.11. The second-order valence-electron chi connectivity index (χ2n) is 5.02. The van der Waals surface area contributed by atoms with Crippen LogP contribution in [0.5, 0.6) is 0 Å². The highest BCUT2D eigenvalue weighted by molar-refractivity contribution is 9.10. The Morgan fingerprint density at radius 2 is 2.00 bits per heavy atom. The first kappa shape index (κ1) is 15.2. The zero-order valence-electron chi connectivity index (χ0n) is 12.2. The summed E-state index contributed by atoms with van der Waals surface area (Å²) in [7, 11) is 1.97. The Balaban J connectivity index is 2.26. The maximum atomic E-state index is 5.74. The lowest BCUT2D eigenvalue weighted by Crippen LogP contribution is -2.30. The molecule has 1 heterocycles. The van der Waals surface area contributed by atoms with E-state index in [1.165, 1.54) is 11.1 Å². The van der Waals surface area contributed by atoms with Gasteiger partial charge in [-0.05, 0) is 34.8 Å². The van der Waals surface area contributed by atoms with Gasteiger partial charge >= 0.3 is 0 Å². The number of hydrazine groups is 1. The Kier molecular flexibility index (Phi) is 4.96. The molecular weight excluding hydrogens is 316 g/mol. The van der Waals surface area contributed by atoms with Crippen LogP contribution in [0.15, 0.2) is 28.7 Å². The minimum Gasteiger partial charge on any atom is -0.271 e. The summed E-state index contributed by atoms with van der Waals surface area (Å²) < 4.78 is 3.02. The van der Waals surface area contributed by atoms with Gasteiger partial charge in [0.2, 0.25) is 0 Å². The summed E-state index contributed by atoms with van der Waals surface area (Å²) in [5.41, 5.74) is 7.58. The van der Waals surface area contributed by atoms with Crippen molar-refractivity contribution in [2.24, 2.45) is 12.9 Å². The van der Waals surface area contributed by atoms with Gasteiger partial charge in [-0.3, -0.25) is 16.0 Å². The maximum Gasteiger partial charge on any atom is 0.0766 e. The molecule has 1 unspecified atom stereocenters. The molecule has 2 aromatic rings. The summed E-state index contributed by atoms with van der Waals surface area (Å²) in [6.07, 6.45) is 1.71. The van der Waals surface area contributed by atoms with Crippen molar-refractivity contribution in [2.45, 2.75) is 32.7 Å². The first-order valence-electron chi connectivity index (χ1n) is 6.79. The molecule has 0 aliphatic heterocycles. The van der Waals surface area contributed by atoms with Gasteiger partial charge < -0.3 is 0 Å². The molecule has 1 aromatic carbocycles. The topological polar surface area (TPSA) is 55.9 Å². The Morgan fingerprint density at radius 1 is 1.35 bits per heavy atom. The van der Waals surface area contributed by atoms with Crippen molar-refractivity contribution >= 4 is 15.9 Å². The molecule has 4 nitrogen and oxygen atoms in total. The van der Waals surface area contributed by atoms with Gasteiger partial charge in [-0.1, -0.05) is 36.8 Å².